The first kappa shape index (κ1) is 27.1. The minimum absolute atomic E-state index is 0.152. The van der Waals surface area contributed by atoms with Crippen LogP contribution in [-0.2, 0) is 11.3 Å². The summed E-state index contributed by atoms with van der Waals surface area (Å²) in [4.78, 5) is 31.9. The lowest BCUT2D eigenvalue weighted by Crippen LogP contribution is -2.28. The second-order valence-electron chi connectivity index (χ2n) is 8.73. The molecule has 1 amide bonds. The summed E-state index contributed by atoms with van der Waals surface area (Å²) in [6.07, 6.45) is 0.546. The number of nitrogens with one attached hydrogen (secondary N) is 1. The van der Waals surface area contributed by atoms with Gasteiger partial charge >= 0.3 is 0 Å². The molecule has 0 spiro atoms. The molecule has 198 valence electrons. The molecule has 9 heteroatoms. The fraction of sp³-hybridized carbons (Fsp3) is 0.276. The van der Waals surface area contributed by atoms with Crippen LogP contribution in [-0.4, -0.2) is 42.0 Å². The fourth-order valence-corrected chi connectivity index (χ4v) is 5.08. The van der Waals surface area contributed by atoms with E-state index in [1.807, 2.05) is 62.4 Å². The predicted molar refractivity (Wildman–Crippen MR) is 151 cm³/mol. The van der Waals surface area contributed by atoms with E-state index in [-0.39, 0.29) is 18.0 Å². The Hall–Kier alpha value is -3.98. The molecule has 0 unspecified atom stereocenters. The van der Waals surface area contributed by atoms with Crippen molar-refractivity contribution < 1.29 is 19.0 Å². The summed E-state index contributed by atoms with van der Waals surface area (Å²) in [5, 5.41) is 3.37. The van der Waals surface area contributed by atoms with Gasteiger partial charge in [0.25, 0.3) is 5.56 Å². The molecule has 0 aliphatic rings. The number of aryl methyl sites for hydroxylation is 1. The molecule has 0 aliphatic heterocycles. The van der Waals surface area contributed by atoms with Crippen LogP contribution in [0.2, 0.25) is 0 Å². The van der Waals surface area contributed by atoms with Gasteiger partial charge in [-0.25, -0.2) is 4.98 Å². The molecule has 4 rings (SSSR count). The quantitative estimate of drug-likeness (QED) is 0.219. The number of anilines is 1. The number of fused-ring (bicyclic) bond motifs is 1. The summed E-state index contributed by atoms with van der Waals surface area (Å²) >= 11 is 1.27. The van der Waals surface area contributed by atoms with Crippen molar-refractivity contribution in [3.05, 3.63) is 82.1 Å². The van der Waals surface area contributed by atoms with Crippen LogP contribution in [0.3, 0.4) is 0 Å². The number of hydrogen-bond donors (Lipinski definition) is 1. The molecule has 4 aromatic rings. The molecule has 0 fully saturated rings. The molecule has 8 nitrogen and oxygen atoms in total. The van der Waals surface area contributed by atoms with E-state index in [0.29, 0.717) is 34.0 Å². The number of aromatic nitrogens is 2. The predicted octanol–water partition coefficient (Wildman–Crippen LogP) is 5.29. The SMILES string of the molecule is CC[C@H](Sc1nc2cc(OC)c(OC)cc2c(=O)n1Cc1ccc(OC)cc1)C(=O)Nc1cccc(C)c1. The molecule has 0 saturated heterocycles. The number of ether oxygens (including phenoxy) is 3. The van der Waals surface area contributed by atoms with Gasteiger partial charge in [-0.1, -0.05) is 43.0 Å². The Morgan fingerprint density at radius 3 is 2.34 bits per heavy atom. The average molecular weight is 534 g/mol. The van der Waals surface area contributed by atoms with Crippen LogP contribution >= 0.6 is 11.8 Å². The highest BCUT2D eigenvalue weighted by Gasteiger charge is 2.23. The summed E-state index contributed by atoms with van der Waals surface area (Å²) in [7, 11) is 4.67. The summed E-state index contributed by atoms with van der Waals surface area (Å²) < 4.78 is 17.7. The van der Waals surface area contributed by atoms with Gasteiger partial charge in [-0.15, -0.1) is 0 Å². The molecule has 0 bridgehead atoms. The molecular formula is C29H31N3O5S. The lowest BCUT2D eigenvalue weighted by molar-refractivity contribution is -0.115. The maximum atomic E-state index is 13.8. The largest absolute Gasteiger partial charge is 0.497 e. The third-order valence-corrected chi connectivity index (χ3v) is 7.48. The molecule has 3 aromatic carbocycles. The molecule has 38 heavy (non-hydrogen) atoms. The standard InChI is InChI=1S/C29H31N3O5S/c1-6-26(27(33)30-20-9-7-8-18(2)14-20)38-29-31-23-16-25(37-5)24(36-4)15-22(23)28(34)32(29)17-19-10-12-21(35-3)13-11-19/h7-16,26H,6,17H2,1-5H3,(H,30,33)/t26-/m0/s1. The van der Waals surface area contributed by atoms with Gasteiger partial charge in [0.1, 0.15) is 5.75 Å². The molecule has 1 atom stereocenters. The van der Waals surface area contributed by atoms with E-state index >= 15 is 0 Å². The normalized spacial score (nSPS) is 11.7. The molecule has 0 radical (unpaired) electrons. The minimum Gasteiger partial charge on any atom is -0.497 e. The monoisotopic (exact) mass is 533 g/mol. The van der Waals surface area contributed by atoms with Crippen LogP contribution < -0.4 is 25.1 Å². The van der Waals surface area contributed by atoms with Gasteiger partial charge in [-0.2, -0.15) is 0 Å². The van der Waals surface area contributed by atoms with Gasteiger partial charge in [0, 0.05) is 11.8 Å². The van der Waals surface area contributed by atoms with Gasteiger partial charge < -0.3 is 19.5 Å². The zero-order valence-electron chi connectivity index (χ0n) is 22.1. The van der Waals surface area contributed by atoms with Crippen molar-refractivity contribution in [3.63, 3.8) is 0 Å². The molecule has 1 aromatic heterocycles. The van der Waals surface area contributed by atoms with Crippen molar-refractivity contribution in [1.29, 1.82) is 0 Å². The second-order valence-corrected chi connectivity index (χ2v) is 9.90. The fourth-order valence-electron chi connectivity index (χ4n) is 4.07. The zero-order valence-corrected chi connectivity index (χ0v) is 22.9. The average Bonchev–Trinajstić information content (AvgIpc) is 2.93. The van der Waals surface area contributed by atoms with Crippen molar-refractivity contribution >= 4 is 34.3 Å². The molecule has 1 N–H and O–H groups in total. The lowest BCUT2D eigenvalue weighted by Gasteiger charge is -2.19. The topological polar surface area (TPSA) is 91.7 Å². The maximum absolute atomic E-state index is 13.8. The van der Waals surface area contributed by atoms with Crippen molar-refractivity contribution in [2.75, 3.05) is 26.6 Å². The van der Waals surface area contributed by atoms with E-state index in [1.54, 1.807) is 23.8 Å². The number of carbonyl (C=O) groups excluding carboxylic acids is 1. The van der Waals surface area contributed by atoms with Gasteiger partial charge in [-0.05, 0) is 54.8 Å². The van der Waals surface area contributed by atoms with Crippen molar-refractivity contribution in [2.45, 2.75) is 37.2 Å². The third kappa shape index (κ3) is 5.94. The number of methoxy groups -OCH3 is 3. The minimum atomic E-state index is -0.470. The second kappa shape index (κ2) is 12.0. The van der Waals surface area contributed by atoms with Gasteiger partial charge in [0.2, 0.25) is 5.91 Å². The van der Waals surface area contributed by atoms with Crippen molar-refractivity contribution in [3.8, 4) is 17.2 Å². The van der Waals surface area contributed by atoms with Crippen LogP contribution in [0.5, 0.6) is 17.2 Å². The Bertz CT molecular complexity index is 1500. The first-order valence-corrected chi connectivity index (χ1v) is 13.1. The maximum Gasteiger partial charge on any atom is 0.262 e. The first-order chi connectivity index (χ1) is 18.4. The summed E-state index contributed by atoms with van der Waals surface area (Å²) in [5.74, 6) is 1.49. The Morgan fingerprint density at radius 2 is 1.71 bits per heavy atom. The van der Waals surface area contributed by atoms with E-state index < -0.39 is 5.25 Å². The van der Waals surface area contributed by atoms with E-state index in [1.165, 1.54) is 26.0 Å². The first-order valence-electron chi connectivity index (χ1n) is 12.2. The third-order valence-electron chi connectivity index (χ3n) is 6.12. The van der Waals surface area contributed by atoms with E-state index in [2.05, 4.69) is 5.32 Å². The number of thioether (sulfide) groups is 1. The smallest absolute Gasteiger partial charge is 0.262 e. The number of rotatable bonds is 10. The van der Waals surface area contributed by atoms with E-state index in [9.17, 15) is 9.59 Å². The molecule has 1 heterocycles. The van der Waals surface area contributed by atoms with Crippen LogP contribution in [0.1, 0.15) is 24.5 Å². The number of amides is 1. The Balaban J connectivity index is 1.77. The van der Waals surface area contributed by atoms with Crippen LogP contribution in [0.25, 0.3) is 10.9 Å². The van der Waals surface area contributed by atoms with Crippen LogP contribution in [0.15, 0.2) is 70.6 Å². The highest BCUT2D eigenvalue weighted by Crippen LogP contribution is 2.32. The van der Waals surface area contributed by atoms with Gasteiger partial charge in [-0.3, -0.25) is 14.2 Å². The summed E-state index contributed by atoms with van der Waals surface area (Å²) in [5.41, 5.74) is 2.91. The number of nitrogens with zero attached hydrogens (tertiary/aromatic N) is 2. The van der Waals surface area contributed by atoms with E-state index in [4.69, 9.17) is 19.2 Å². The molecular weight excluding hydrogens is 502 g/mol. The van der Waals surface area contributed by atoms with Gasteiger partial charge in [0.15, 0.2) is 16.7 Å². The van der Waals surface area contributed by atoms with Gasteiger partial charge in [0.05, 0.1) is 44.0 Å². The van der Waals surface area contributed by atoms with Crippen LogP contribution in [0, 0.1) is 6.92 Å². The Kier molecular flexibility index (Phi) is 8.58. The highest BCUT2D eigenvalue weighted by molar-refractivity contribution is 8.00. The van der Waals surface area contributed by atoms with Crippen molar-refractivity contribution in [2.24, 2.45) is 0 Å². The Labute approximate surface area is 225 Å². The summed E-state index contributed by atoms with van der Waals surface area (Å²) in [6, 6.07) is 18.5. The van der Waals surface area contributed by atoms with Crippen molar-refractivity contribution in [1.82, 2.24) is 9.55 Å². The molecule has 0 saturated carbocycles. The van der Waals surface area contributed by atoms with Crippen LogP contribution in [0.4, 0.5) is 5.69 Å². The molecule has 0 aliphatic carbocycles. The number of benzene rings is 3. The lowest BCUT2D eigenvalue weighted by atomic mass is 10.2. The highest BCUT2D eigenvalue weighted by atomic mass is 32.2. The van der Waals surface area contributed by atoms with E-state index in [0.717, 1.165) is 22.6 Å². The summed E-state index contributed by atoms with van der Waals surface area (Å²) in [6.45, 7) is 4.19. The number of hydrogen-bond acceptors (Lipinski definition) is 7. The number of carbonyl (C=O) groups is 1. The zero-order chi connectivity index (χ0) is 27.2. The Morgan fingerprint density at radius 1 is 1.00 bits per heavy atom.